The minimum atomic E-state index is 0.0343. The van der Waals surface area contributed by atoms with E-state index in [0.717, 1.165) is 11.3 Å². The van der Waals surface area contributed by atoms with Crippen LogP contribution in [0.1, 0.15) is 23.0 Å². The average molecular weight is 351 g/mol. The van der Waals surface area contributed by atoms with Crippen molar-refractivity contribution >= 4 is 11.6 Å². The van der Waals surface area contributed by atoms with Crippen molar-refractivity contribution in [3.63, 3.8) is 0 Å². The molecule has 6 nitrogen and oxygen atoms in total. The molecule has 3 aromatic rings. The topological polar surface area (TPSA) is 56.1 Å². The number of rotatable bonds is 4. The summed E-state index contributed by atoms with van der Waals surface area (Å²) in [6.07, 6.45) is 3.99. The second-order valence-corrected chi connectivity index (χ2v) is 6.44. The molecule has 0 saturated carbocycles. The van der Waals surface area contributed by atoms with Crippen LogP contribution in [0.2, 0.25) is 0 Å². The predicted molar refractivity (Wildman–Crippen MR) is 97.3 cm³/mol. The van der Waals surface area contributed by atoms with E-state index in [2.05, 4.69) is 4.98 Å². The zero-order valence-electron chi connectivity index (χ0n) is 14.7. The number of imidazole rings is 1. The van der Waals surface area contributed by atoms with Gasteiger partial charge in [0.05, 0.1) is 18.4 Å². The summed E-state index contributed by atoms with van der Waals surface area (Å²) in [6, 6.07) is 13.1. The number of benzene rings is 1. The van der Waals surface area contributed by atoms with Crippen molar-refractivity contribution in [2.75, 3.05) is 19.7 Å². The number of nitrogens with zero attached hydrogens (tertiary/aromatic N) is 3. The van der Waals surface area contributed by atoms with Crippen molar-refractivity contribution in [3.05, 3.63) is 66.1 Å². The molecule has 26 heavy (non-hydrogen) atoms. The number of hydrogen-bond acceptors (Lipinski definition) is 4. The number of fused-ring (bicyclic) bond motifs is 1. The quantitative estimate of drug-likeness (QED) is 0.725. The zero-order valence-corrected chi connectivity index (χ0v) is 14.7. The molecular formula is C20H21N3O3. The first-order valence-corrected chi connectivity index (χ1v) is 8.75. The highest BCUT2D eigenvalue weighted by Gasteiger charge is 2.22. The normalized spacial score (nSPS) is 17.4. The van der Waals surface area contributed by atoms with Crippen molar-refractivity contribution < 1.29 is 14.3 Å². The molecule has 2 aromatic heterocycles. The maximum Gasteiger partial charge on any atom is 0.254 e. The van der Waals surface area contributed by atoms with E-state index in [0.29, 0.717) is 37.6 Å². The summed E-state index contributed by atoms with van der Waals surface area (Å²) >= 11 is 0. The van der Waals surface area contributed by atoms with Crippen molar-refractivity contribution in [1.29, 1.82) is 0 Å². The van der Waals surface area contributed by atoms with Gasteiger partial charge in [-0.25, -0.2) is 4.98 Å². The van der Waals surface area contributed by atoms with Crippen molar-refractivity contribution in [2.45, 2.75) is 19.6 Å². The fourth-order valence-electron chi connectivity index (χ4n) is 3.09. The third-order valence-electron chi connectivity index (χ3n) is 4.43. The summed E-state index contributed by atoms with van der Waals surface area (Å²) < 4.78 is 13.2. The Labute approximate surface area is 152 Å². The van der Waals surface area contributed by atoms with E-state index in [1.165, 1.54) is 0 Å². The molecule has 3 heterocycles. The molecule has 0 spiro atoms. The largest absolute Gasteiger partial charge is 0.487 e. The number of aromatic nitrogens is 2. The summed E-state index contributed by atoms with van der Waals surface area (Å²) in [4.78, 5) is 18.9. The van der Waals surface area contributed by atoms with E-state index < -0.39 is 0 Å². The summed E-state index contributed by atoms with van der Waals surface area (Å²) in [5.41, 5.74) is 2.42. The summed E-state index contributed by atoms with van der Waals surface area (Å²) in [5.74, 6) is 0.751. The predicted octanol–water partition coefficient (Wildman–Crippen LogP) is 2.77. The lowest BCUT2D eigenvalue weighted by Gasteiger charge is -2.31. The van der Waals surface area contributed by atoms with Gasteiger partial charge in [0.15, 0.2) is 0 Å². The van der Waals surface area contributed by atoms with Crippen LogP contribution in [0.3, 0.4) is 0 Å². The molecule has 0 aliphatic carbocycles. The molecule has 0 N–H and O–H groups in total. The molecule has 1 unspecified atom stereocenters. The van der Waals surface area contributed by atoms with Gasteiger partial charge in [-0.05, 0) is 43.3 Å². The number of ether oxygens (including phenoxy) is 2. The van der Waals surface area contributed by atoms with Crippen LogP contribution >= 0.6 is 0 Å². The third kappa shape index (κ3) is 3.55. The minimum Gasteiger partial charge on any atom is -0.487 e. The first-order valence-electron chi connectivity index (χ1n) is 8.75. The lowest BCUT2D eigenvalue weighted by molar-refractivity contribution is -0.0124. The van der Waals surface area contributed by atoms with E-state index in [1.807, 2.05) is 71.1 Å². The van der Waals surface area contributed by atoms with E-state index in [4.69, 9.17) is 9.47 Å². The number of morpholine rings is 1. The summed E-state index contributed by atoms with van der Waals surface area (Å²) in [7, 11) is 0. The first-order chi connectivity index (χ1) is 12.7. The van der Waals surface area contributed by atoms with E-state index >= 15 is 0 Å². The van der Waals surface area contributed by atoms with Crippen molar-refractivity contribution in [2.24, 2.45) is 0 Å². The molecule has 1 amide bonds. The smallest absolute Gasteiger partial charge is 0.254 e. The van der Waals surface area contributed by atoms with E-state index in [9.17, 15) is 4.79 Å². The van der Waals surface area contributed by atoms with Gasteiger partial charge in [-0.3, -0.25) is 4.79 Å². The van der Waals surface area contributed by atoms with Crippen molar-refractivity contribution in [3.8, 4) is 5.75 Å². The number of pyridine rings is 1. The lowest BCUT2D eigenvalue weighted by Crippen LogP contribution is -2.44. The number of carbonyl (C=O) groups is 1. The van der Waals surface area contributed by atoms with Crippen LogP contribution in [0.4, 0.5) is 0 Å². The summed E-state index contributed by atoms with van der Waals surface area (Å²) in [5, 5.41) is 0. The second-order valence-electron chi connectivity index (χ2n) is 6.44. The maximum absolute atomic E-state index is 12.6. The van der Waals surface area contributed by atoms with Gasteiger partial charge in [-0.1, -0.05) is 6.07 Å². The van der Waals surface area contributed by atoms with Crippen LogP contribution in [0.25, 0.3) is 5.65 Å². The molecule has 1 aliphatic heterocycles. The molecule has 6 heteroatoms. The van der Waals surface area contributed by atoms with Crippen LogP contribution in [-0.2, 0) is 11.3 Å². The molecule has 1 aliphatic rings. The fraction of sp³-hybridized carbons (Fsp3) is 0.300. The van der Waals surface area contributed by atoms with Gasteiger partial charge >= 0.3 is 0 Å². The molecule has 0 radical (unpaired) electrons. The van der Waals surface area contributed by atoms with Gasteiger partial charge in [0.1, 0.15) is 18.0 Å². The summed E-state index contributed by atoms with van der Waals surface area (Å²) in [6.45, 7) is 4.22. The highest BCUT2D eigenvalue weighted by Crippen LogP contribution is 2.17. The molecule has 0 bridgehead atoms. The van der Waals surface area contributed by atoms with E-state index in [-0.39, 0.29) is 12.0 Å². The Balaban J connectivity index is 1.38. The molecule has 1 saturated heterocycles. The van der Waals surface area contributed by atoms with Gasteiger partial charge in [-0.15, -0.1) is 0 Å². The first kappa shape index (κ1) is 16.6. The van der Waals surface area contributed by atoms with Gasteiger partial charge < -0.3 is 18.8 Å². The van der Waals surface area contributed by atoms with Gasteiger partial charge in [0, 0.05) is 31.0 Å². The minimum absolute atomic E-state index is 0.0343. The molecule has 1 aromatic carbocycles. The number of hydrogen-bond donors (Lipinski definition) is 0. The van der Waals surface area contributed by atoms with Gasteiger partial charge in [-0.2, -0.15) is 0 Å². The Morgan fingerprint density at radius 1 is 1.27 bits per heavy atom. The zero-order chi connectivity index (χ0) is 17.9. The van der Waals surface area contributed by atoms with Crippen LogP contribution < -0.4 is 4.74 Å². The lowest BCUT2D eigenvalue weighted by atomic mass is 10.1. The molecular weight excluding hydrogens is 330 g/mol. The maximum atomic E-state index is 12.6. The number of carbonyl (C=O) groups excluding carboxylic acids is 1. The van der Waals surface area contributed by atoms with Crippen LogP contribution in [0.5, 0.6) is 5.75 Å². The van der Waals surface area contributed by atoms with Crippen molar-refractivity contribution in [1.82, 2.24) is 14.3 Å². The molecule has 4 rings (SSSR count). The standard InChI is InChI=1S/C20H21N3O3/c1-15-12-23(10-11-25-15)20(24)16-5-7-18(8-6-16)26-14-17-13-22-9-3-2-4-19(22)21-17/h2-9,13,15H,10-12,14H2,1H3. The number of amides is 1. The monoisotopic (exact) mass is 351 g/mol. The highest BCUT2D eigenvalue weighted by atomic mass is 16.5. The van der Waals surface area contributed by atoms with Gasteiger partial charge in [0.2, 0.25) is 0 Å². The second kappa shape index (κ2) is 7.17. The molecule has 134 valence electrons. The highest BCUT2D eigenvalue weighted by molar-refractivity contribution is 5.94. The van der Waals surface area contributed by atoms with Crippen LogP contribution in [-0.4, -0.2) is 46.0 Å². The van der Waals surface area contributed by atoms with E-state index in [1.54, 1.807) is 0 Å². The Kier molecular flexibility index (Phi) is 4.58. The average Bonchev–Trinajstić information content (AvgIpc) is 3.09. The Hall–Kier alpha value is -2.86. The Bertz CT molecular complexity index is 871. The Morgan fingerprint density at radius 3 is 2.88 bits per heavy atom. The molecule has 1 fully saturated rings. The third-order valence-corrected chi connectivity index (χ3v) is 4.43. The Morgan fingerprint density at radius 2 is 2.12 bits per heavy atom. The SMILES string of the molecule is CC1CN(C(=O)c2ccc(OCc3cn4ccccc4n3)cc2)CCO1. The van der Waals surface area contributed by atoms with Crippen LogP contribution in [0.15, 0.2) is 54.9 Å². The van der Waals surface area contributed by atoms with Crippen LogP contribution in [0, 0.1) is 0 Å². The van der Waals surface area contributed by atoms with Gasteiger partial charge in [0.25, 0.3) is 5.91 Å². The molecule has 1 atom stereocenters. The fourth-order valence-corrected chi connectivity index (χ4v) is 3.09.